The van der Waals surface area contributed by atoms with Crippen LogP contribution in [0.1, 0.15) is 75.4 Å². The molecule has 0 aliphatic heterocycles. The number of carbonyl (C=O) groups excluding carboxylic acids is 1. The number of carbonyl (C=O) groups is 1. The molecule has 1 rings (SSSR count). The van der Waals surface area contributed by atoms with E-state index in [0.29, 0.717) is 17.6 Å². The standard InChI is InChI=1S/C20H34N2O/c1-6-7-8-9-17-10-11-19(20(21)23)18(14-17)12-13-22(15(2)3)16(4)5/h10-11,14-16H,6-9,12-13H2,1-5H3,(H2,21,23). The van der Waals surface area contributed by atoms with Crippen LogP contribution >= 0.6 is 0 Å². The second-order valence-corrected chi connectivity index (χ2v) is 6.99. The summed E-state index contributed by atoms with van der Waals surface area (Å²) in [6, 6.07) is 7.16. The fraction of sp³-hybridized carbons (Fsp3) is 0.650. The number of nitrogens with zero attached hydrogens (tertiary/aromatic N) is 1. The first-order valence-corrected chi connectivity index (χ1v) is 9.04. The van der Waals surface area contributed by atoms with Crippen LogP contribution < -0.4 is 5.73 Å². The maximum absolute atomic E-state index is 11.7. The molecule has 0 unspecified atom stereocenters. The Labute approximate surface area is 142 Å². The summed E-state index contributed by atoms with van der Waals surface area (Å²) in [6.07, 6.45) is 5.63. The highest BCUT2D eigenvalue weighted by Crippen LogP contribution is 2.17. The molecule has 130 valence electrons. The fourth-order valence-corrected chi connectivity index (χ4v) is 3.19. The molecule has 0 radical (unpaired) electrons. The van der Waals surface area contributed by atoms with Crippen molar-refractivity contribution in [3.05, 3.63) is 34.9 Å². The van der Waals surface area contributed by atoms with E-state index in [1.54, 1.807) is 0 Å². The average Bonchev–Trinajstić information content (AvgIpc) is 2.47. The van der Waals surface area contributed by atoms with Crippen LogP contribution in [0.3, 0.4) is 0 Å². The van der Waals surface area contributed by atoms with Gasteiger partial charge < -0.3 is 5.73 Å². The number of hydrogen-bond acceptors (Lipinski definition) is 2. The predicted octanol–water partition coefficient (Wildman–Crippen LogP) is 4.18. The van der Waals surface area contributed by atoms with Crippen LogP contribution in [0.4, 0.5) is 0 Å². The maximum atomic E-state index is 11.7. The Morgan fingerprint density at radius 1 is 1.09 bits per heavy atom. The Bertz CT molecular complexity index is 486. The van der Waals surface area contributed by atoms with Crippen LogP contribution in [0.5, 0.6) is 0 Å². The molecule has 0 atom stereocenters. The molecule has 3 heteroatoms. The van der Waals surface area contributed by atoms with Crippen molar-refractivity contribution in [2.24, 2.45) is 5.73 Å². The summed E-state index contributed by atoms with van der Waals surface area (Å²) in [6.45, 7) is 12.0. The minimum Gasteiger partial charge on any atom is -0.366 e. The minimum atomic E-state index is -0.319. The molecule has 23 heavy (non-hydrogen) atoms. The first-order valence-electron chi connectivity index (χ1n) is 9.04. The predicted molar refractivity (Wildman–Crippen MR) is 98.9 cm³/mol. The van der Waals surface area contributed by atoms with Crippen LogP contribution in [0.15, 0.2) is 18.2 Å². The number of rotatable bonds is 10. The quantitative estimate of drug-likeness (QED) is 0.658. The molecule has 2 N–H and O–H groups in total. The van der Waals surface area contributed by atoms with E-state index in [-0.39, 0.29) is 5.91 Å². The van der Waals surface area contributed by atoms with Crippen molar-refractivity contribution in [3.63, 3.8) is 0 Å². The zero-order chi connectivity index (χ0) is 17.4. The third-order valence-electron chi connectivity index (χ3n) is 4.47. The van der Waals surface area contributed by atoms with Crippen molar-refractivity contribution in [1.82, 2.24) is 4.90 Å². The summed E-state index contributed by atoms with van der Waals surface area (Å²) in [5, 5.41) is 0. The second-order valence-electron chi connectivity index (χ2n) is 6.99. The van der Waals surface area contributed by atoms with E-state index < -0.39 is 0 Å². The van der Waals surface area contributed by atoms with E-state index in [1.165, 1.54) is 24.8 Å². The molecule has 0 aromatic heterocycles. The lowest BCUT2D eigenvalue weighted by atomic mass is 9.97. The van der Waals surface area contributed by atoms with E-state index in [0.717, 1.165) is 24.9 Å². The minimum absolute atomic E-state index is 0.319. The largest absolute Gasteiger partial charge is 0.366 e. The molecule has 1 amide bonds. The van der Waals surface area contributed by atoms with Crippen molar-refractivity contribution < 1.29 is 4.79 Å². The van der Waals surface area contributed by atoms with Crippen LogP contribution in [-0.4, -0.2) is 29.4 Å². The highest BCUT2D eigenvalue weighted by Gasteiger charge is 2.15. The van der Waals surface area contributed by atoms with Crippen molar-refractivity contribution in [2.75, 3.05) is 6.54 Å². The summed E-state index contributed by atoms with van der Waals surface area (Å²) in [4.78, 5) is 14.2. The molecule has 3 nitrogen and oxygen atoms in total. The van der Waals surface area contributed by atoms with Crippen LogP contribution in [-0.2, 0) is 12.8 Å². The van der Waals surface area contributed by atoms with Gasteiger partial charge in [0.2, 0.25) is 5.91 Å². The van der Waals surface area contributed by atoms with E-state index >= 15 is 0 Å². The number of amides is 1. The molecule has 0 aliphatic carbocycles. The molecule has 0 heterocycles. The summed E-state index contributed by atoms with van der Waals surface area (Å²) < 4.78 is 0. The number of benzene rings is 1. The van der Waals surface area contributed by atoms with Gasteiger partial charge >= 0.3 is 0 Å². The van der Waals surface area contributed by atoms with Crippen LogP contribution in [0, 0.1) is 0 Å². The first kappa shape index (κ1) is 19.7. The molecule has 0 spiro atoms. The van der Waals surface area contributed by atoms with Crippen molar-refractivity contribution in [3.8, 4) is 0 Å². The third-order valence-corrected chi connectivity index (χ3v) is 4.47. The highest BCUT2D eigenvalue weighted by molar-refractivity contribution is 5.94. The van der Waals surface area contributed by atoms with E-state index in [1.807, 2.05) is 6.07 Å². The number of nitrogens with two attached hydrogens (primary N) is 1. The van der Waals surface area contributed by atoms with Gasteiger partial charge in [-0.3, -0.25) is 9.69 Å². The molecule has 0 saturated carbocycles. The fourth-order valence-electron chi connectivity index (χ4n) is 3.19. The van der Waals surface area contributed by atoms with Crippen molar-refractivity contribution >= 4 is 5.91 Å². The number of aryl methyl sites for hydroxylation is 1. The highest BCUT2D eigenvalue weighted by atomic mass is 16.1. The van der Waals surface area contributed by atoms with Gasteiger partial charge in [0, 0.05) is 24.2 Å². The molecule has 1 aromatic carbocycles. The second kappa shape index (κ2) is 9.71. The monoisotopic (exact) mass is 318 g/mol. The molecule has 0 saturated heterocycles. The van der Waals surface area contributed by atoms with Crippen molar-refractivity contribution in [2.45, 2.75) is 78.8 Å². The van der Waals surface area contributed by atoms with Gasteiger partial charge in [0.1, 0.15) is 0 Å². The number of primary amides is 1. The first-order chi connectivity index (χ1) is 10.9. The summed E-state index contributed by atoms with van der Waals surface area (Å²) in [5.41, 5.74) is 8.65. The zero-order valence-electron chi connectivity index (χ0n) is 15.6. The van der Waals surface area contributed by atoms with Gasteiger partial charge in [-0.25, -0.2) is 0 Å². The zero-order valence-corrected chi connectivity index (χ0v) is 15.6. The van der Waals surface area contributed by atoms with E-state index in [4.69, 9.17) is 5.73 Å². The SMILES string of the molecule is CCCCCc1ccc(C(N)=O)c(CCN(C(C)C)C(C)C)c1. The van der Waals surface area contributed by atoms with Gasteiger partial charge in [-0.2, -0.15) is 0 Å². The Morgan fingerprint density at radius 2 is 1.74 bits per heavy atom. The normalized spacial score (nSPS) is 11.7. The molecular weight excluding hydrogens is 284 g/mol. The Hall–Kier alpha value is -1.35. The molecule has 0 fully saturated rings. The van der Waals surface area contributed by atoms with Gasteiger partial charge in [-0.05, 0) is 64.2 Å². The topological polar surface area (TPSA) is 46.3 Å². The lowest BCUT2D eigenvalue weighted by molar-refractivity contribution is 0.0999. The number of hydrogen-bond donors (Lipinski definition) is 1. The van der Waals surface area contributed by atoms with E-state index in [2.05, 4.69) is 51.7 Å². The number of unbranched alkanes of at least 4 members (excludes halogenated alkanes) is 2. The van der Waals surface area contributed by atoms with E-state index in [9.17, 15) is 4.79 Å². The van der Waals surface area contributed by atoms with Gasteiger partial charge in [0.05, 0.1) is 0 Å². The Kier molecular flexibility index (Phi) is 8.32. The molecule has 0 aliphatic rings. The molecular formula is C20H34N2O. The van der Waals surface area contributed by atoms with Crippen LogP contribution in [0.2, 0.25) is 0 Å². The third kappa shape index (κ3) is 6.34. The van der Waals surface area contributed by atoms with Crippen LogP contribution in [0.25, 0.3) is 0 Å². The van der Waals surface area contributed by atoms with Gasteiger partial charge in [-0.15, -0.1) is 0 Å². The summed E-state index contributed by atoms with van der Waals surface area (Å²) >= 11 is 0. The maximum Gasteiger partial charge on any atom is 0.248 e. The van der Waals surface area contributed by atoms with Gasteiger partial charge in [0.15, 0.2) is 0 Å². The Balaban J connectivity index is 2.87. The summed E-state index contributed by atoms with van der Waals surface area (Å²) in [7, 11) is 0. The lowest BCUT2D eigenvalue weighted by Crippen LogP contribution is -2.38. The summed E-state index contributed by atoms with van der Waals surface area (Å²) in [5.74, 6) is -0.319. The molecule has 1 aromatic rings. The smallest absolute Gasteiger partial charge is 0.248 e. The van der Waals surface area contributed by atoms with Gasteiger partial charge in [-0.1, -0.05) is 31.9 Å². The van der Waals surface area contributed by atoms with Gasteiger partial charge in [0.25, 0.3) is 0 Å². The van der Waals surface area contributed by atoms with Crippen molar-refractivity contribution in [1.29, 1.82) is 0 Å². The molecule has 0 bridgehead atoms. The lowest BCUT2D eigenvalue weighted by Gasteiger charge is -2.30. The Morgan fingerprint density at radius 3 is 2.26 bits per heavy atom. The average molecular weight is 319 g/mol.